The maximum absolute atomic E-state index is 11.8. The van der Waals surface area contributed by atoms with Crippen LogP contribution in [0.3, 0.4) is 0 Å². The molecule has 0 radical (unpaired) electrons. The minimum absolute atomic E-state index is 0.0263. The molecule has 0 saturated heterocycles. The van der Waals surface area contributed by atoms with Crippen molar-refractivity contribution in [1.29, 1.82) is 0 Å². The molecule has 0 aliphatic heterocycles. The molecule has 0 aromatic carbocycles. The van der Waals surface area contributed by atoms with Gasteiger partial charge >= 0.3 is 0 Å². The molecule has 112 valence electrons. The number of aryl methyl sites for hydroxylation is 1. The molecule has 1 aromatic rings. The van der Waals surface area contributed by atoms with Gasteiger partial charge in [0.05, 0.1) is 8.67 Å². The third-order valence-corrected chi connectivity index (χ3v) is 4.44. The van der Waals surface area contributed by atoms with Crippen LogP contribution in [0.5, 0.6) is 0 Å². The zero-order chi connectivity index (χ0) is 15.3. The van der Waals surface area contributed by atoms with Crippen LogP contribution in [0.25, 0.3) is 0 Å². The summed E-state index contributed by atoms with van der Waals surface area (Å²) in [5, 5.41) is 2.65. The van der Waals surface area contributed by atoms with E-state index in [1.807, 2.05) is 19.9 Å². The van der Waals surface area contributed by atoms with Crippen LogP contribution in [0, 0.1) is 5.92 Å². The zero-order valence-electron chi connectivity index (χ0n) is 11.4. The van der Waals surface area contributed by atoms with E-state index in [9.17, 15) is 9.59 Å². The van der Waals surface area contributed by atoms with Crippen LogP contribution < -0.4 is 11.1 Å². The number of thiophene rings is 1. The molecule has 20 heavy (non-hydrogen) atoms. The number of primary amides is 1. The maximum Gasteiger partial charge on any atom is 0.240 e. The average molecular weight is 337 g/mol. The average Bonchev–Trinajstić information content (AvgIpc) is 2.64. The van der Waals surface area contributed by atoms with Crippen molar-refractivity contribution >= 4 is 46.4 Å². The van der Waals surface area contributed by atoms with Crippen molar-refractivity contribution in [3.63, 3.8) is 0 Å². The highest BCUT2D eigenvalue weighted by molar-refractivity contribution is 7.20. The lowest BCUT2D eigenvalue weighted by Crippen LogP contribution is -2.47. The first kappa shape index (κ1) is 17.3. The molecule has 1 heterocycles. The number of rotatable bonds is 7. The van der Waals surface area contributed by atoms with Crippen LogP contribution in [0.1, 0.15) is 32.3 Å². The molecule has 1 atom stereocenters. The van der Waals surface area contributed by atoms with Gasteiger partial charge < -0.3 is 11.1 Å². The van der Waals surface area contributed by atoms with Gasteiger partial charge in [0, 0.05) is 6.42 Å². The Hall–Kier alpha value is -0.780. The molecule has 0 aliphatic rings. The van der Waals surface area contributed by atoms with E-state index in [1.54, 1.807) is 0 Å². The minimum atomic E-state index is -0.623. The summed E-state index contributed by atoms with van der Waals surface area (Å²) in [6.45, 7) is 3.67. The fraction of sp³-hybridized carbons (Fsp3) is 0.538. The Balaban J connectivity index is 2.40. The highest BCUT2D eigenvalue weighted by atomic mass is 35.5. The fourth-order valence-electron chi connectivity index (χ4n) is 1.80. The lowest BCUT2D eigenvalue weighted by molar-refractivity contribution is -0.128. The molecule has 2 amide bonds. The van der Waals surface area contributed by atoms with Crippen molar-refractivity contribution in [2.75, 3.05) is 0 Å². The molecule has 3 N–H and O–H groups in total. The zero-order valence-corrected chi connectivity index (χ0v) is 13.7. The van der Waals surface area contributed by atoms with E-state index in [0.29, 0.717) is 27.9 Å². The molecule has 4 nitrogen and oxygen atoms in total. The summed E-state index contributed by atoms with van der Waals surface area (Å²) >= 11 is 13.2. The molecule has 0 saturated carbocycles. The second-order valence-electron chi connectivity index (χ2n) is 4.89. The summed E-state index contributed by atoms with van der Waals surface area (Å²) in [4.78, 5) is 23.0. The minimum Gasteiger partial charge on any atom is -0.368 e. The molecule has 0 aliphatic carbocycles. The van der Waals surface area contributed by atoms with Crippen molar-refractivity contribution in [3.8, 4) is 0 Å². The largest absolute Gasteiger partial charge is 0.368 e. The normalized spacial score (nSPS) is 12.4. The predicted molar refractivity (Wildman–Crippen MR) is 83.2 cm³/mol. The summed E-state index contributed by atoms with van der Waals surface area (Å²) in [5.74, 6) is -0.720. The van der Waals surface area contributed by atoms with Crippen LogP contribution in [0.15, 0.2) is 6.07 Å². The third kappa shape index (κ3) is 5.31. The van der Waals surface area contributed by atoms with E-state index in [4.69, 9.17) is 28.9 Å². The van der Waals surface area contributed by atoms with Crippen LogP contribution in [-0.4, -0.2) is 17.9 Å². The van der Waals surface area contributed by atoms with Crippen LogP contribution in [-0.2, 0) is 16.0 Å². The molecule has 1 rings (SSSR count). The van der Waals surface area contributed by atoms with E-state index in [2.05, 4.69) is 5.32 Å². The predicted octanol–water partition coefficient (Wildman–Crippen LogP) is 3.00. The van der Waals surface area contributed by atoms with Gasteiger partial charge in [-0.15, -0.1) is 11.3 Å². The first-order chi connectivity index (χ1) is 9.31. The van der Waals surface area contributed by atoms with E-state index < -0.39 is 11.9 Å². The van der Waals surface area contributed by atoms with Gasteiger partial charge in [0.25, 0.3) is 0 Å². The molecular weight excluding hydrogens is 319 g/mol. The number of carbonyl (C=O) groups is 2. The molecule has 1 aromatic heterocycles. The molecule has 0 bridgehead atoms. The van der Waals surface area contributed by atoms with E-state index in [0.717, 1.165) is 5.56 Å². The smallest absolute Gasteiger partial charge is 0.240 e. The number of hydrogen-bond donors (Lipinski definition) is 2. The maximum atomic E-state index is 11.8. The van der Waals surface area contributed by atoms with Gasteiger partial charge in [-0.05, 0) is 30.4 Å². The second kappa shape index (κ2) is 7.86. The lowest BCUT2D eigenvalue weighted by Gasteiger charge is -2.18. The van der Waals surface area contributed by atoms with Gasteiger partial charge in [0.2, 0.25) is 11.8 Å². The summed E-state index contributed by atoms with van der Waals surface area (Å²) in [6.07, 6.45) is 1.64. The summed E-state index contributed by atoms with van der Waals surface area (Å²) in [6, 6.07) is 1.19. The highest BCUT2D eigenvalue weighted by Gasteiger charge is 2.21. The Bertz CT molecular complexity index is 489. The first-order valence-corrected chi connectivity index (χ1v) is 7.91. The summed E-state index contributed by atoms with van der Waals surface area (Å²) in [7, 11) is 0. The van der Waals surface area contributed by atoms with Crippen molar-refractivity contribution < 1.29 is 9.59 Å². The van der Waals surface area contributed by atoms with E-state index >= 15 is 0 Å². The molecule has 0 spiro atoms. The van der Waals surface area contributed by atoms with Crippen molar-refractivity contribution in [2.24, 2.45) is 11.7 Å². The number of hydrogen-bond acceptors (Lipinski definition) is 3. The Morgan fingerprint density at radius 3 is 2.50 bits per heavy atom. The molecule has 7 heteroatoms. The van der Waals surface area contributed by atoms with Gasteiger partial charge in [-0.1, -0.05) is 37.0 Å². The van der Waals surface area contributed by atoms with Gasteiger partial charge in [-0.2, -0.15) is 0 Å². The first-order valence-electron chi connectivity index (χ1n) is 6.33. The van der Waals surface area contributed by atoms with Crippen LogP contribution in [0.4, 0.5) is 0 Å². The standard InChI is InChI=1S/C13H18Cl2N2O2S/c1-7(2)11(13(16)19)17-10(18)5-3-4-8-6-9(14)20-12(8)15/h6-7,11H,3-5H2,1-2H3,(H2,16,19)(H,17,18)/t11-/m1/s1. The Morgan fingerprint density at radius 2 is 2.05 bits per heavy atom. The fourth-order valence-corrected chi connectivity index (χ4v) is 3.34. The second-order valence-corrected chi connectivity index (χ2v) is 7.18. The Kier molecular flexibility index (Phi) is 6.79. The Morgan fingerprint density at radius 1 is 1.40 bits per heavy atom. The molecular formula is C13H18Cl2N2O2S. The molecule has 0 unspecified atom stereocenters. The highest BCUT2D eigenvalue weighted by Crippen LogP contribution is 2.31. The lowest BCUT2D eigenvalue weighted by atomic mass is 10.0. The topological polar surface area (TPSA) is 72.2 Å². The third-order valence-electron chi connectivity index (χ3n) is 2.87. The van der Waals surface area contributed by atoms with Gasteiger partial charge in [-0.3, -0.25) is 9.59 Å². The van der Waals surface area contributed by atoms with Crippen molar-refractivity contribution in [1.82, 2.24) is 5.32 Å². The van der Waals surface area contributed by atoms with E-state index in [-0.39, 0.29) is 11.8 Å². The van der Waals surface area contributed by atoms with Crippen molar-refractivity contribution in [3.05, 3.63) is 20.3 Å². The number of amides is 2. The number of halogens is 2. The summed E-state index contributed by atoms with van der Waals surface area (Å²) in [5.41, 5.74) is 6.19. The van der Waals surface area contributed by atoms with Crippen LogP contribution >= 0.6 is 34.5 Å². The SMILES string of the molecule is CC(C)[C@@H](NC(=O)CCCc1cc(Cl)sc1Cl)C(N)=O. The van der Waals surface area contributed by atoms with Gasteiger partial charge in [0.1, 0.15) is 6.04 Å². The Labute approximate surface area is 132 Å². The van der Waals surface area contributed by atoms with Crippen molar-refractivity contribution in [2.45, 2.75) is 39.2 Å². The monoisotopic (exact) mass is 336 g/mol. The quantitative estimate of drug-likeness (QED) is 0.803. The van der Waals surface area contributed by atoms with Gasteiger partial charge in [-0.25, -0.2) is 0 Å². The number of carbonyl (C=O) groups excluding carboxylic acids is 2. The van der Waals surface area contributed by atoms with Crippen LogP contribution in [0.2, 0.25) is 8.67 Å². The molecule has 0 fully saturated rings. The number of nitrogens with one attached hydrogen (secondary N) is 1. The number of nitrogens with two attached hydrogens (primary N) is 1. The summed E-state index contributed by atoms with van der Waals surface area (Å²) < 4.78 is 1.30. The van der Waals surface area contributed by atoms with Gasteiger partial charge in [0.15, 0.2) is 0 Å². The van der Waals surface area contributed by atoms with E-state index in [1.165, 1.54) is 11.3 Å².